The SMILES string of the molecule is COc1ccc2[nH]cc(C3CCN(C(=O)c4ccc(C)c(NC(=O)c5ccccc5F)c4)CC3)c2c1. The van der Waals surface area contributed by atoms with Crippen LogP contribution in [0.5, 0.6) is 5.75 Å². The van der Waals surface area contributed by atoms with Crippen molar-refractivity contribution >= 4 is 28.4 Å². The van der Waals surface area contributed by atoms with Crippen molar-refractivity contribution < 1.29 is 18.7 Å². The Kier molecular flexibility index (Phi) is 6.46. The van der Waals surface area contributed by atoms with Gasteiger partial charge in [0.1, 0.15) is 11.6 Å². The number of benzene rings is 3. The summed E-state index contributed by atoms with van der Waals surface area (Å²) in [4.78, 5) is 31.1. The van der Waals surface area contributed by atoms with Gasteiger partial charge in [-0.2, -0.15) is 0 Å². The molecule has 0 saturated carbocycles. The first-order valence-corrected chi connectivity index (χ1v) is 12.1. The van der Waals surface area contributed by atoms with Crippen LogP contribution in [0.25, 0.3) is 10.9 Å². The number of nitrogens with one attached hydrogen (secondary N) is 2. The first kappa shape index (κ1) is 23.6. The summed E-state index contributed by atoms with van der Waals surface area (Å²) in [6, 6.07) is 17.1. The molecule has 0 unspecified atom stereocenters. The third-order valence-corrected chi connectivity index (χ3v) is 6.99. The molecule has 2 N–H and O–H groups in total. The average molecular weight is 486 g/mol. The molecule has 184 valence electrons. The summed E-state index contributed by atoms with van der Waals surface area (Å²) >= 11 is 0. The first-order valence-electron chi connectivity index (χ1n) is 12.1. The number of aryl methyl sites for hydroxylation is 1. The second-order valence-electron chi connectivity index (χ2n) is 9.19. The number of nitrogens with zero attached hydrogens (tertiary/aromatic N) is 1. The number of ether oxygens (including phenoxy) is 1. The fourth-order valence-corrected chi connectivity index (χ4v) is 4.89. The van der Waals surface area contributed by atoms with Crippen LogP contribution in [-0.4, -0.2) is 41.9 Å². The lowest BCUT2D eigenvalue weighted by Crippen LogP contribution is -2.38. The van der Waals surface area contributed by atoms with E-state index in [-0.39, 0.29) is 11.5 Å². The number of likely N-dealkylation sites (tertiary alicyclic amines) is 1. The molecule has 0 radical (unpaired) electrons. The van der Waals surface area contributed by atoms with E-state index in [9.17, 15) is 14.0 Å². The lowest BCUT2D eigenvalue weighted by atomic mass is 9.89. The quantitative estimate of drug-likeness (QED) is 0.370. The van der Waals surface area contributed by atoms with Crippen molar-refractivity contribution in [3.63, 3.8) is 0 Å². The molecule has 2 amide bonds. The fourth-order valence-electron chi connectivity index (χ4n) is 4.89. The molecule has 1 fully saturated rings. The Morgan fingerprint density at radius 3 is 2.58 bits per heavy atom. The van der Waals surface area contributed by atoms with E-state index in [1.807, 2.05) is 24.0 Å². The van der Waals surface area contributed by atoms with E-state index in [2.05, 4.69) is 22.6 Å². The smallest absolute Gasteiger partial charge is 0.258 e. The van der Waals surface area contributed by atoms with Gasteiger partial charge in [0.05, 0.1) is 12.7 Å². The van der Waals surface area contributed by atoms with Crippen LogP contribution in [0, 0.1) is 12.7 Å². The second-order valence-corrected chi connectivity index (χ2v) is 9.19. The highest BCUT2D eigenvalue weighted by molar-refractivity contribution is 6.05. The minimum absolute atomic E-state index is 0.0365. The van der Waals surface area contributed by atoms with Crippen LogP contribution in [0.1, 0.15) is 50.6 Å². The Labute approximate surface area is 209 Å². The summed E-state index contributed by atoms with van der Waals surface area (Å²) in [6.07, 6.45) is 3.79. The number of anilines is 1. The number of H-pyrrole nitrogens is 1. The Morgan fingerprint density at radius 2 is 1.83 bits per heavy atom. The molecule has 36 heavy (non-hydrogen) atoms. The number of amides is 2. The van der Waals surface area contributed by atoms with E-state index in [1.54, 1.807) is 31.4 Å². The topological polar surface area (TPSA) is 74.4 Å². The monoisotopic (exact) mass is 485 g/mol. The fraction of sp³-hybridized carbons (Fsp3) is 0.241. The molecule has 1 aromatic heterocycles. The Hall–Kier alpha value is -4.13. The molecule has 2 heterocycles. The molecule has 0 bridgehead atoms. The van der Waals surface area contributed by atoms with E-state index < -0.39 is 11.7 Å². The Morgan fingerprint density at radius 1 is 1.06 bits per heavy atom. The largest absolute Gasteiger partial charge is 0.497 e. The molecule has 0 spiro atoms. The molecule has 0 atom stereocenters. The highest BCUT2D eigenvalue weighted by Gasteiger charge is 2.26. The van der Waals surface area contributed by atoms with Gasteiger partial charge >= 0.3 is 0 Å². The predicted molar refractivity (Wildman–Crippen MR) is 138 cm³/mol. The van der Waals surface area contributed by atoms with Crippen LogP contribution in [0.15, 0.2) is 66.9 Å². The van der Waals surface area contributed by atoms with Crippen molar-refractivity contribution in [2.24, 2.45) is 0 Å². The molecule has 1 saturated heterocycles. The number of rotatable bonds is 5. The van der Waals surface area contributed by atoms with Crippen LogP contribution in [-0.2, 0) is 0 Å². The summed E-state index contributed by atoms with van der Waals surface area (Å²) in [5.74, 6) is -0.0272. The summed E-state index contributed by atoms with van der Waals surface area (Å²) in [5.41, 5.74) is 4.09. The zero-order valence-electron chi connectivity index (χ0n) is 20.3. The standard InChI is InChI=1S/C29H28FN3O3/c1-18-7-8-20(15-27(18)32-28(34)22-5-3-4-6-25(22)30)29(35)33-13-11-19(12-14-33)24-17-31-26-10-9-21(36-2)16-23(24)26/h3-10,15-17,19,31H,11-14H2,1-2H3,(H,32,34). The molecule has 4 aromatic rings. The molecular formula is C29H28FN3O3. The van der Waals surface area contributed by atoms with Gasteiger partial charge < -0.3 is 19.9 Å². The van der Waals surface area contributed by atoms with Crippen molar-refractivity contribution in [3.8, 4) is 5.75 Å². The number of halogens is 1. The molecule has 1 aliphatic heterocycles. The molecule has 0 aliphatic carbocycles. The number of hydrogen-bond donors (Lipinski definition) is 2. The summed E-state index contributed by atoms with van der Waals surface area (Å²) < 4.78 is 19.4. The maximum atomic E-state index is 14.0. The van der Waals surface area contributed by atoms with E-state index in [0.29, 0.717) is 30.3 Å². The predicted octanol–water partition coefficient (Wildman–Crippen LogP) is 5.90. The van der Waals surface area contributed by atoms with Crippen molar-refractivity contribution in [3.05, 3.63) is 94.9 Å². The molecular weight excluding hydrogens is 457 g/mol. The van der Waals surface area contributed by atoms with E-state index in [0.717, 1.165) is 35.1 Å². The van der Waals surface area contributed by atoms with E-state index in [4.69, 9.17) is 4.74 Å². The Balaban J connectivity index is 1.28. The molecule has 1 aliphatic rings. The van der Waals surface area contributed by atoms with Crippen molar-refractivity contribution in [1.82, 2.24) is 9.88 Å². The van der Waals surface area contributed by atoms with Crippen LogP contribution in [0.3, 0.4) is 0 Å². The second kappa shape index (κ2) is 9.85. The molecule has 5 rings (SSSR count). The highest BCUT2D eigenvalue weighted by atomic mass is 19.1. The van der Waals surface area contributed by atoms with Crippen LogP contribution in [0.4, 0.5) is 10.1 Å². The van der Waals surface area contributed by atoms with Gasteiger partial charge in [0.2, 0.25) is 0 Å². The first-order chi connectivity index (χ1) is 17.4. The summed E-state index contributed by atoms with van der Waals surface area (Å²) in [7, 11) is 1.67. The minimum Gasteiger partial charge on any atom is -0.497 e. The van der Waals surface area contributed by atoms with Crippen LogP contribution >= 0.6 is 0 Å². The summed E-state index contributed by atoms with van der Waals surface area (Å²) in [5, 5.41) is 3.91. The number of aromatic nitrogens is 1. The number of methoxy groups -OCH3 is 1. The molecule has 3 aromatic carbocycles. The van der Waals surface area contributed by atoms with Gasteiger partial charge in [0.15, 0.2) is 0 Å². The normalized spacial score (nSPS) is 14.1. The highest BCUT2D eigenvalue weighted by Crippen LogP contribution is 2.35. The van der Waals surface area contributed by atoms with Gasteiger partial charge in [-0.1, -0.05) is 18.2 Å². The Bertz CT molecular complexity index is 1440. The molecule has 7 heteroatoms. The van der Waals surface area contributed by atoms with Crippen molar-refractivity contribution in [2.75, 3.05) is 25.5 Å². The van der Waals surface area contributed by atoms with Gasteiger partial charge in [-0.05, 0) is 79.3 Å². The van der Waals surface area contributed by atoms with Crippen molar-refractivity contribution in [1.29, 1.82) is 0 Å². The van der Waals surface area contributed by atoms with Gasteiger partial charge in [0.25, 0.3) is 11.8 Å². The lowest BCUT2D eigenvalue weighted by Gasteiger charge is -2.32. The number of fused-ring (bicyclic) bond motifs is 1. The zero-order valence-corrected chi connectivity index (χ0v) is 20.3. The van der Waals surface area contributed by atoms with Gasteiger partial charge in [-0.25, -0.2) is 4.39 Å². The number of aromatic amines is 1. The lowest BCUT2D eigenvalue weighted by molar-refractivity contribution is 0.0713. The van der Waals surface area contributed by atoms with Gasteiger partial charge in [-0.15, -0.1) is 0 Å². The van der Waals surface area contributed by atoms with Gasteiger partial charge in [0, 0.05) is 41.4 Å². The summed E-state index contributed by atoms with van der Waals surface area (Å²) in [6.45, 7) is 3.13. The van der Waals surface area contributed by atoms with Gasteiger partial charge in [-0.3, -0.25) is 9.59 Å². The third-order valence-electron chi connectivity index (χ3n) is 6.99. The van der Waals surface area contributed by atoms with E-state index >= 15 is 0 Å². The number of piperidine rings is 1. The minimum atomic E-state index is -0.587. The average Bonchev–Trinajstić information content (AvgIpc) is 3.33. The van der Waals surface area contributed by atoms with E-state index in [1.165, 1.54) is 23.8 Å². The van der Waals surface area contributed by atoms with Crippen LogP contribution in [0.2, 0.25) is 0 Å². The van der Waals surface area contributed by atoms with Crippen LogP contribution < -0.4 is 10.1 Å². The number of carbonyl (C=O) groups is 2. The number of hydrogen-bond acceptors (Lipinski definition) is 3. The number of carbonyl (C=O) groups excluding carboxylic acids is 2. The maximum Gasteiger partial charge on any atom is 0.258 e. The zero-order chi connectivity index (χ0) is 25.2. The molecule has 6 nitrogen and oxygen atoms in total. The maximum absolute atomic E-state index is 14.0. The third kappa shape index (κ3) is 4.56. The van der Waals surface area contributed by atoms with Crippen molar-refractivity contribution in [2.45, 2.75) is 25.7 Å².